The van der Waals surface area contributed by atoms with Crippen LogP contribution >= 0.6 is 0 Å². The van der Waals surface area contributed by atoms with Crippen LogP contribution < -0.4 is 10.6 Å². The van der Waals surface area contributed by atoms with Gasteiger partial charge in [0.25, 0.3) is 5.91 Å². The number of benzene rings is 1. The van der Waals surface area contributed by atoms with Crippen molar-refractivity contribution in [3.05, 3.63) is 29.8 Å². The van der Waals surface area contributed by atoms with Gasteiger partial charge in [0, 0.05) is 24.3 Å². The topological polar surface area (TPSA) is 41.1 Å². The Morgan fingerprint density at radius 3 is 2.38 bits per heavy atom. The van der Waals surface area contributed by atoms with E-state index in [1.165, 1.54) is 12.8 Å². The smallest absolute Gasteiger partial charge is 0.251 e. The first-order valence-corrected chi connectivity index (χ1v) is 5.77. The first kappa shape index (κ1) is 11.0. The summed E-state index contributed by atoms with van der Waals surface area (Å²) in [5.41, 5.74) is 1.81. The maximum Gasteiger partial charge on any atom is 0.251 e. The Hall–Kier alpha value is -1.51. The summed E-state index contributed by atoms with van der Waals surface area (Å²) in [5, 5.41) is 6.07. The van der Waals surface area contributed by atoms with Crippen molar-refractivity contribution in [2.24, 2.45) is 5.92 Å². The van der Waals surface area contributed by atoms with Gasteiger partial charge in [0.2, 0.25) is 0 Å². The van der Waals surface area contributed by atoms with Gasteiger partial charge in [-0.05, 0) is 43.0 Å². The minimum Gasteiger partial charge on any atom is -0.382 e. The molecular weight excluding hydrogens is 200 g/mol. The largest absolute Gasteiger partial charge is 0.382 e. The quantitative estimate of drug-likeness (QED) is 0.817. The van der Waals surface area contributed by atoms with E-state index in [1.807, 2.05) is 24.3 Å². The molecule has 0 bridgehead atoms. The molecule has 1 amide bonds. The van der Waals surface area contributed by atoms with E-state index < -0.39 is 0 Å². The Kier molecular flexibility index (Phi) is 3.13. The van der Waals surface area contributed by atoms with Crippen LogP contribution in [0.4, 0.5) is 5.69 Å². The van der Waals surface area contributed by atoms with Crippen LogP contribution in [-0.2, 0) is 0 Å². The van der Waals surface area contributed by atoms with Gasteiger partial charge in [-0.2, -0.15) is 0 Å². The highest BCUT2D eigenvalue weighted by Crippen LogP contribution is 2.29. The molecule has 3 nitrogen and oxygen atoms in total. The van der Waals surface area contributed by atoms with Crippen molar-refractivity contribution in [3.63, 3.8) is 0 Å². The minimum atomic E-state index is -0.0381. The molecular formula is C13H18N2O. The van der Waals surface area contributed by atoms with Crippen LogP contribution in [0.25, 0.3) is 0 Å². The minimum absolute atomic E-state index is 0.0381. The molecule has 0 spiro atoms. The Bertz CT molecular complexity index is 366. The molecule has 0 unspecified atom stereocenters. The molecule has 2 N–H and O–H groups in total. The zero-order valence-electron chi connectivity index (χ0n) is 9.79. The highest BCUT2D eigenvalue weighted by Gasteiger charge is 2.24. The molecule has 1 aliphatic carbocycles. The summed E-state index contributed by atoms with van der Waals surface area (Å²) in [4.78, 5) is 11.3. The van der Waals surface area contributed by atoms with Crippen molar-refractivity contribution < 1.29 is 4.79 Å². The van der Waals surface area contributed by atoms with E-state index in [4.69, 9.17) is 0 Å². The normalized spacial score (nSPS) is 23.4. The molecule has 1 aromatic carbocycles. The Balaban J connectivity index is 1.94. The molecule has 0 aliphatic heterocycles. The first-order chi connectivity index (χ1) is 7.69. The number of hydrogen-bond acceptors (Lipinski definition) is 2. The molecule has 0 atom stereocenters. The molecule has 0 heterocycles. The third-order valence-electron chi connectivity index (χ3n) is 3.12. The fraction of sp³-hybridized carbons (Fsp3) is 0.462. The summed E-state index contributed by atoms with van der Waals surface area (Å²) in [5.74, 6) is 0.812. The Labute approximate surface area is 96.2 Å². The molecule has 0 saturated heterocycles. The fourth-order valence-electron chi connectivity index (χ4n) is 2.12. The van der Waals surface area contributed by atoms with Crippen LogP contribution in [0.5, 0.6) is 0 Å². The van der Waals surface area contributed by atoms with Crippen molar-refractivity contribution in [1.82, 2.24) is 5.32 Å². The third-order valence-corrected chi connectivity index (χ3v) is 3.12. The molecule has 2 rings (SSSR count). The van der Waals surface area contributed by atoms with E-state index in [9.17, 15) is 4.79 Å². The number of hydrogen-bond donors (Lipinski definition) is 2. The molecule has 1 saturated carbocycles. The van der Waals surface area contributed by atoms with Crippen molar-refractivity contribution in [1.29, 1.82) is 0 Å². The van der Waals surface area contributed by atoms with E-state index in [2.05, 4.69) is 17.6 Å². The second-order valence-electron chi connectivity index (χ2n) is 4.57. The van der Waals surface area contributed by atoms with Gasteiger partial charge in [0.1, 0.15) is 0 Å². The van der Waals surface area contributed by atoms with E-state index in [0.29, 0.717) is 11.6 Å². The van der Waals surface area contributed by atoms with E-state index in [1.54, 1.807) is 7.05 Å². The lowest BCUT2D eigenvalue weighted by molar-refractivity contribution is 0.0963. The molecule has 0 aromatic heterocycles. The second-order valence-corrected chi connectivity index (χ2v) is 4.57. The van der Waals surface area contributed by atoms with Gasteiger partial charge in [-0.1, -0.05) is 6.92 Å². The van der Waals surface area contributed by atoms with E-state index in [0.717, 1.165) is 11.6 Å². The van der Waals surface area contributed by atoms with Crippen LogP contribution in [0.15, 0.2) is 24.3 Å². The van der Waals surface area contributed by atoms with Crippen LogP contribution in [0, 0.1) is 5.92 Å². The average Bonchev–Trinajstić information content (AvgIpc) is 2.27. The molecule has 1 aromatic rings. The van der Waals surface area contributed by atoms with Crippen molar-refractivity contribution in [2.45, 2.75) is 25.8 Å². The maximum atomic E-state index is 11.3. The summed E-state index contributed by atoms with van der Waals surface area (Å²) in [6, 6.07) is 8.24. The second kappa shape index (κ2) is 4.56. The van der Waals surface area contributed by atoms with Gasteiger partial charge in [-0.3, -0.25) is 4.79 Å². The summed E-state index contributed by atoms with van der Waals surface area (Å²) in [6.07, 6.45) is 2.49. The van der Waals surface area contributed by atoms with Crippen molar-refractivity contribution in [3.8, 4) is 0 Å². The van der Waals surface area contributed by atoms with Gasteiger partial charge in [0.15, 0.2) is 0 Å². The summed E-state index contributed by atoms with van der Waals surface area (Å²) < 4.78 is 0. The predicted molar refractivity (Wildman–Crippen MR) is 65.6 cm³/mol. The number of carbonyl (C=O) groups is 1. The molecule has 1 aliphatic rings. The molecule has 86 valence electrons. The van der Waals surface area contributed by atoms with Gasteiger partial charge in [0.05, 0.1) is 0 Å². The van der Waals surface area contributed by atoms with Crippen molar-refractivity contribution in [2.75, 3.05) is 12.4 Å². The van der Waals surface area contributed by atoms with Gasteiger partial charge in [-0.15, -0.1) is 0 Å². The summed E-state index contributed by atoms with van der Waals surface area (Å²) >= 11 is 0. The lowest BCUT2D eigenvalue weighted by atomic mass is 9.82. The SMILES string of the molecule is CNC(=O)c1ccc(NC2CC(C)C2)cc1. The standard InChI is InChI=1S/C13H18N2O/c1-9-7-12(8-9)15-11-5-3-10(4-6-11)13(16)14-2/h3-6,9,12,15H,7-8H2,1-2H3,(H,14,16). The lowest BCUT2D eigenvalue weighted by Gasteiger charge is -2.34. The zero-order chi connectivity index (χ0) is 11.5. The predicted octanol–water partition coefficient (Wildman–Crippen LogP) is 2.26. The highest BCUT2D eigenvalue weighted by atomic mass is 16.1. The number of rotatable bonds is 3. The number of anilines is 1. The Morgan fingerprint density at radius 2 is 1.88 bits per heavy atom. The molecule has 3 heteroatoms. The average molecular weight is 218 g/mol. The fourth-order valence-corrected chi connectivity index (χ4v) is 2.12. The maximum absolute atomic E-state index is 11.3. The third kappa shape index (κ3) is 2.35. The van der Waals surface area contributed by atoms with Crippen LogP contribution in [-0.4, -0.2) is 19.0 Å². The first-order valence-electron chi connectivity index (χ1n) is 5.77. The highest BCUT2D eigenvalue weighted by molar-refractivity contribution is 5.94. The van der Waals surface area contributed by atoms with Gasteiger partial charge in [-0.25, -0.2) is 0 Å². The molecule has 0 radical (unpaired) electrons. The summed E-state index contributed by atoms with van der Waals surface area (Å²) in [6.45, 7) is 2.27. The monoisotopic (exact) mass is 218 g/mol. The zero-order valence-corrected chi connectivity index (χ0v) is 9.79. The molecule has 1 fully saturated rings. The van der Waals surface area contributed by atoms with Crippen LogP contribution in [0.3, 0.4) is 0 Å². The van der Waals surface area contributed by atoms with E-state index >= 15 is 0 Å². The Morgan fingerprint density at radius 1 is 1.25 bits per heavy atom. The number of amides is 1. The number of nitrogens with one attached hydrogen (secondary N) is 2. The number of carbonyl (C=O) groups excluding carboxylic acids is 1. The summed E-state index contributed by atoms with van der Waals surface area (Å²) in [7, 11) is 1.64. The lowest BCUT2D eigenvalue weighted by Crippen LogP contribution is -2.33. The van der Waals surface area contributed by atoms with Gasteiger partial charge >= 0.3 is 0 Å². The molecule has 16 heavy (non-hydrogen) atoms. The van der Waals surface area contributed by atoms with Crippen LogP contribution in [0.2, 0.25) is 0 Å². The van der Waals surface area contributed by atoms with Crippen LogP contribution in [0.1, 0.15) is 30.1 Å². The van der Waals surface area contributed by atoms with Gasteiger partial charge < -0.3 is 10.6 Å². The van der Waals surface area contributed by atoms with E-state index in [-0.39, 0.29) is 5.91 Å². The van der Waals surface area contributed by atoms with Crippen molar-refractivity contribution >= 4 is 11.6 Å².